The first-order valence-electron chi connectivity index (χ1n) is 8.48. The molecule has 0 radical (unpaired) electrons. The summed E-state index contributed by atoms with van der Waals surface area (Å²) in [6, 6.07) is 12.9. The van der Waals surface area contributed by atoms with Gasteiger partial charge < -0.3 is 10.1 Å². The van der Waals surface area contributed by atoms with Gasteiger partial charge in [-0.25, -0.2) is 15.1 Å². The van der Waals surface area contributed by atoms with Crippen molar-refractivity contribution in [3.05, 3.63) is 54.4 Å². The fraction of sp³-hybridized carbons (Fsp3) is 0.167. The second-order valence-corrected chi connectivity index (χ2v) is 7.64. The van der Waals surface area contributed by atoms with E-state index < -0.39 is 10.2 Å². The third-order valence-corrected chi connectivity index (χ3v) is 5.41. The molecule has 10 heteroatoms. The van der Waals surface area contributed by atoms with E-state index in [2.05, 4.69) is 20.3 Å². The van der Waals surface area contributed by atoms with Crippen molar-refractivity contribution in [2.24, 2.45) is 5.14 Å². The smallest absolute Gasteiger partial charge is 0.299 e. The van der Waals surface area contributed by atoms with Crippen molar-refractivity contribution in [1.29, 1.82) is 0 Å². The number of nitrogens with zero attached hydrogens (tertiary/aromatic N) is 4. The van der Waals surface area contributed by atoms with Crippen LogP contribution in [0, 0.1) is 0 Å². The number of para-hydroxylation sites is 1. The number of hydrogen-bond acceptors (Lipinski definition) is 7. The van der Waals surface area contributed by atoms with Crippen LogP contribution in [-0.4, -0.2) is 37.0 Å². The van der Waals surface area contributed by atoms with Crippen LogP contribution in [0.1, 0.15) is 5.56 Å². The van der Waals surface area contributed by atoms with Gasteiger partial charge in [-0.05, 0) is 36.2 Å². The fourth-order valence-corrected chi connectivity index (χ4v) is 3.93. The highest BCUT2D eigenvalue weighted by Gasteiger charge is 2.26. The summed E-state index contributed by atoms with van der Waals surface area (Å²) in [5, 5.41) is 8.39. The SMILES string of the molecule is COc1ccccc1-c1ncnc(Nc2ccc3c(c2)N(S(N)(=O)=O)CC3)n1. The molecule has 0 saturated heterocycles. The third kappa shape index (κ3) is 3.47. The Balaban J connectivity index is 1.64. The number of anilines is 3. The lowest BCUT2D eigenvalue weighted by Crippen LogP contribution is -2.35. The summed E-state index contributed by atoms with van der Waals surface area (Å²) in [6.45, 7) is 0.335. The largest absolute Gasteiger partial charge is 0.496 e. The number of nitrogens with one attached hydrogen (secondary N) is 1. The van der Waals surface area contributed by atoms with Crippen LogP contribution in [0.2, 0.25) is 0 Å². The minimum Gasteiger partial charge on any atom is -0.496 e. The van der Waals surface area contributed by atoms with Crippen LogP contribution in [0.4, 0.5) is 17.3 Å². The number of aromatic nitrogens is 3. The summed E-state index contributed by atoms with van der Waals surface area (Å²) >= 11 is 0. The van der Waals surface area contributed by atoms with E-state index in [0.717, 1.165) is 11.1 Å². The van der Waals surface area contributed by atoms with Crippen LogP contribution < -0.4 is 19.5 Å². The van der Waals surface area contributed by atoms with Crippen molar-refractivity contribution in [2.45, 2.75) is 6.42 Å². The number of hydrogen-bond donors (Lipinski definition) is 2. The minimum atomic E-state index is -3.81. The Hall–Kier alpha value is -3.24. The van der Waals surface area contributed by atoms with Gasteiger partial charge in [0.05, 0.1) is 18.4 Å². The second kappa shape index (κ2) is 7.06. The van der Waals surface area contributed by atoms with E-state index >= 15 is 0 Å². The number of rotatable bonds is 5. The zero-order valence-electron chi connectivity index (χ0n) is 15.0. The van der Waals surface area contributed by atoms with Gasteiger partial charge in [-0.15, -0.1) is 0 Å². The monoisotopic (exact) mass is 398 g/mol. The van der Waals surface area contributed by atoms with E-state index in [-0.39, 0.29) is 0 Å². The number of methoxy groups -OCH3 is 1. The van der Waals surface area contributed by atoms with E-state index in [1.54, 1.807) is 13.2 Å². The zero-order chi connectivity index (χ0) is 19.7. The van der Waals surface area contributed by atoms with Crippen molar-refractivity contribution in [1.82, 2.24) is 15.0 Å². The summed E-state index contributed by atoms with van der Waals surface area (Å²) in [5.41, 5.74) is 2.87. The van der Waals surface area contributed by atoms with Gasteiger partial charge in [-0.2, -0.15) is 13.4 Å². The lowest BCUT2D eigenvalue weighted by molar-refractivity contribution is 0.416. The summed E-state index contributed by atoms with van der Waals surface area (Å²) in [6.07, 6.45) is 2.02. The molecule has 0 atom stereocenters. The molecule has 2 heterocycles. The number of ether oxygens (including phenoxy) is 1. The average Bonchev–Trinajstić information content (AvgIpc) is 3.12. The fourth-order valence-electron chi connectivity index (χ4n) is 3.14. The predicted octanol–water partition coefficient (Wildman–Crippen LogP) is 1.86. The summed E-state index contributed by atoms with van der Waals surface area (Å²) < 4.78 is 30.1. The molecule has 0 amide bonds. The maximum absolute atomic E-state index is 11.8. The van der Waals surface area contributed by atoms with Crippen molar-refractivity contribution in [3.8, 4) is 17.1 Å². The lowest BCUT2D eigenvalue weighted by Gasteiger charge is -2.16. The first-order valence-corrected chi connectivity index (χ1v) is 9.99. The van der Waals surface area contributed by atoms with Crippen molar-refractivity contribution in [3.63, 3.8) is 0 Å². The van der Waals surface area contributed by atoms with E-state index in [1.165, 1.54) is 10.6 Å². The normalized spacial score (nSPS) is 13.3. The van der Waals surface area contributed by atoms with Crippen LogP contribution in [0.5, 0.6) is 5.75 Å². The highest BCUT2D eigenvalue weighted by Crippen LogP contribution is 2.33. The average molecular weight is 398 g/mol. The molecule has 1 aliphatic heterocycles. The van der Waals surface area contributed by atoms with Gasteiger partial charge in [0.1, 0.15) is 12.1 Å². The predicted molar refractivity (Wildman–Crippen MR) is 106 cm³/mol. The first kappa shape index (κ1) is 18.1. The standard InChI is InChI=1S/C18H18N6O3S/c1-27-16-5-3-2-4-14(16)17-20-11-21-18(23-17)22-13-7-6-12-8-9-24(15(12)10-13)28(19,25)26/h2-7,10-11H,8-9H2,1H3,(H2,19,25,26)(H,20,21,22,23). The number of fused-ring (bicyclic) bond motifs is 1. The van der Waals surface area contributed by atoms with Gasteiger partial charge in [-0.3, -0.25) is 4.31 Å². The summed E-state index contributed by atoms with van der Waals surface area (Å²) in [5.74, 6) is 1.44. The quantitative estimate of drug-likeness (QED) is 0.672. The second-order valence-electron chi connectivity index (χ2n) is 6.17. The Labute approximate surface area is 162 Å². The molecule has 4 rings (SSSR count). The minimum absolute atomic E-state index is 0.330. The maximum Gasteiger partial charge on any atom is 0.299 e. The maximum atomic E-state index is 11.8. The molecule has 2 aromatic carbocycles. The molecular formula is C18H18N6O3S. The zero-order valence-corrected chi connectivity index (χ0v) is 15.8. The Morgan fingerprint density at radius 1 is 1.18 bits per heavy atom. The van der Waals surface area contributed by atoms with Crippen molar-refractivity contribution < 1.29 is 13.2 Å². The molecule has 0 fully saturated rings. The molecule has 0 spiro atoms. The molecule has 0 aliphatic carbocycles. The van der Waals surface area contributed by atoms with E-state index in [1.807, 2.05) is 36.4 Å². The van der Waals surface area contributed by atoms with Crippen molar-refractivity contribution in [2.75, 3.05) is 23.3 Å². The molecule has 3 N–H and O–H groups in total. The van der Waals surface area contributed by atoms with E-state index in [9.17, 15) is 8.42 Å². The molecule has 1 aromatic heterocycles. The van der Waals surface area contributed by atoms with Gasteiger partial charge in [0, 0.05) is 12.2 Å². The van der Waals surface area contributed by atoms with Crippen LogP contribution in [0.3, 0.4) is 0 Å². The van der Waals surface area contributed by atoms with Crippen LogP contribution in [0.15, 0.2) is 48.8 Å². The Morgan fingerprint density at radius 3 is 2.79 bits per heavy atom. The highest BCUT2D eigenvalue weighted by molar-refractivity contribution is 7.90. The molecule has 0 saturated carbocycles. The van der Waals surface area contributed by atoms with E-state index in [4.69, 9.17) is 9.88 Å². The molecule has 144 valence electrons. The number of benzene rings is 2. The molecule has 1 aliphatic rings. The molecule has 3 aromatic rings. The van der Waals surface area contributed by atoms with Crippen LogP contribution >= 0.6 is 0 Å². The Kier molecular flexibility index (Phi) is 4.57. The van der Waals surface area contributed by atoms with Gasteiger partial charge in [-0.1, -0.05) is 18.2 Å². The van der Waals surface area contributed by atoms with Gasteiger partial charge in [0.2, 0.25) is 5.95 Å². The topological polar surface area (TPSA) is 123 Å². The molecular weight excluding hydrogens is 380 g/mol. The van der Waals surface area contributed by atoms with Gasteiger partial charge >= 0.3 is 0 Å². The van der Waals surface area contributed by atoms with Crippen LogP contribution in [0.25, 0.3) is 11.4 Å². The number of nitrogens with two attached hydrogens (primary N) is 1. The first-order chi connectivity index (χ1) is 13.5. The lowest BCUT2D eigenvalue weighted by atomic mass is 10.1. The van der Waals surface area contributed by atoms with Gasteiger partial charge in [0.15, 0.2) is 5.82 Å². The summed E-state index contributed by atoms with van der Waals surface area (Å²) in [7, 11) is -2.22. The molecule has 0 bridgehead atoms. The van der Waals surface area contributed by atoms with Crippen LogP contribution in [-0.2, 0) is 16.6 Å². The van der Waals surface area contributed by atoms with Crippen molar-refractivity contribution >= 4 is 27.5 Å². The molecule has 28 heavy (non-hydrogen) atoms. The molecule has 9 nitrogen and oxygen atoms in total. The Bertz CT molecular complexity index is 1140. The van der Waals surface area contributed by atoms with Gasteiger partial charge in [0.25, 0.3) is 10.2 Å². The Morgan fingerprint density at radius 2 is 2.00 bits per heavy atom. The molecule has 0 unspecified atom stereocenters. The van der Waals surface area contributed by atoms with E-state index in [0.29, 0.717) is 41.9 Å². The highest BCUT2D eigenvalue weighted by atomic mass is 32.2. The third-order valence-electron chi connectivity index (χ3n) is 4.42. The summed E-state index contributed by atoms with van der Waals surface area (Å²) in [4.78, 5) is 12.8.